The topological polar surface area (TPSA) is 21.3 Å². The summed E-state index contributed by atoms with van der Waals surface area (Å²) in [7, 11) is 0. The normalized spacial score (nSPS) is 21.1. The van der Waals surface area contributed by atoms with E-state index in [1.807, 2.05) is 0 Å². The zero-order valence-electron chi connectivity index (χ0n) is 11.6. The Bertz CT molecular complexity index is 431. The Hall–Kier alpha value is -1.12. The summed E-state index contributed by atoms with van der Waals surface area (Å²) in [4.78, 5) is 0. The molecule has 98 valence electrons. The predicted octanol–water partition coefficient (Wildman–Crippen LogP) is 3.09. The molecule has 1 fully saturated rings. The third-order valence-corrected chi connectivity index (χ3v) is 3.51. The van der Waals surface area contributed by atoms with Crippen molar-refractivity contribution in [3.8, 4) is 0 Å². The zero-order chi connectivity index (χ0) is 13.0. The molecule has 0 radical (unpaired) electrons. The van der Waals surface area contributed by atoms with Gasteiger partial charge in [-0.3, -0.25) is 0 Å². The summed E-state index contributed by atoms with van der Waals surface area (Å²) in [6.07, 6.45) is 3.34. The minimum Gasteiger partial charge on any atom is -0.379 e. The molecule has 1 atom stereocenters. The summed E-state index contributed by atoms with van der Waals surface area (Å²) in [5.74, 6) is 0. The quantitative estimate of drug-likeness (QED) is 0.883. The van der Waals surface area contributed by atoms with Crippen LogP contribution in [0.1, 0.15) is 30.0 Å². The van der Waals surface area contributed by atoms with Crippen LogP contribution in [0, 0.1) is 13.8 Å². The molecule has 2 heteroatoms. The number of ether oxygens (including phenoxy) is 1. The first-order chi connectivity index (χ1) is 8.65. The zero-order valence-corrected chi connectivity index (χ0v) is 11.6. The minimum atomic E-state index is 0.474. The molecule has 0 spiro atoms. The van der Waals surface area contributed by atoms with E-state index in [-0.39, 0.29) is 0 Å². The lowest BCUT2D eigenvalue weighted by molar-refractivity contribution is 0.0771. The smallest absolute Gasteiger partial charge is 0.0623 e. The molecule has 0 aliphatic carbocycles. The highest BCUT2D eigenvalue weighted by Crippen LogP contribution is 2.16. The maximum atomic E-state index is 5.48. The number of aryl methyl sites for hydroxylation is 2. The molecule has 1 aromatic rings. The van der Waals surface area contributed by atoms with Crippen molar-refractivity contribution >= 4 is 6.08 Å². The molecule has 2 rings (SSSR count). The molecule has 0 amide bonds. The van der Waals surface area contributed by atoms with Gasteiger partial charge in [-0.25, -0.2) is 0 Å². The van der Waals surface area contributed by atoms with Crippen LogP contribution in [0.3, 0.4) is 0 Å². The van der Waals surface area contributed by atoms with E-state index in [9.17, 15) is 0 Å². The molecular formula is C16H23NO. The van der Waals surface area contributed by atoms with Crippen molar-refractivity contribution in [3.63, 3.8) is 0 Å². The van der Waals surface area contributed by atoms with E-state index in [0.717, 1.165) is 26.2 Å². The van der Waals surface area contributed by atoms with Crippen LogP contribution in [0.2, 0.25) is 0 Å². The molecule has 0 aromatic heterocycles. The van der Waals surface area contributed by atoms with E-state index in [0.29, 0.717) is 6.04 Å². The van der Waals surface area contributed by atoms with Gasteiger partial charge in [0, 0.05) is 12.6 Å². The van der Waals surface area contributed by atoms with Crippen molar-refractivity contribution in [1.82, 2.24) is 5.32 Å². The Morgan fingerprint density at radius 2 is 2.22 bits per heavy atom. The van der Waals surface area contributed by atoms with Crippen LogP contribution in [0.25, 0.3) is 6.08 Å². The van der Waals surface area contributed by atoms with E-state index in [4.69, 9.17) is 4.74 Å². The van der Waals surface area contributed by atoms with Crippen molar-refractivity contribution < 1.29 is 4.74 Å². The SMILES string of the molecule is C/C(=C/c1ccc(C)c(C)c1)CC1COCCN1. The van der Waals surface area contributed by atoms with Crippen LogP contribution in [-0.2, 0) is 4.74 Å². The third kappa shape index (κ3) is 3.69. The highest BCUT2D eigenvalue weighted by Gasteiger charge is 2.12. The van der Waals surface area contributed by atoms with Crippen LogP contribution < -0.4 is 5.32 Å². The minimum absolute atomic E-state index is 0.474. The number of hydrogen-bond acceptors (Lipinski definition) is 2. The fourth-order valence-corrected chi connectivity index (χ4v) is 2.34. The second-order valence-corrected chi connectivity index (χ2v) is 5.26. The van der Waals surface area contributed by atoms with Crippen LogP contribution in [0.5, 0.6) is 0 Å². The number of nitrogens with one attached hydrogen (secondary N) is 1. The summed E-state index contributed by atoms with van der Waals surface area (Å²) in [6.45, 7) is 9.17. The van der Waals surface area contributed by atoms with Gasteiger partial charge < -0.3 is 10.1 Å². The van der Waals surface area contributed by atoms with Crippen molar-refractivity contribution in [2.75, 3.05) is 19.8 Å². The monoisotopic (exact) mass is 245 g/mol. The van der Waals surface area contributed by atoms with Crippen LogP contribution in [0.15, 0.2) is 23.8 Å². The lowest BCUT2D eigenvalue weighted by Gasteiger charge is -2.24. The van der Waals surface area contributed by atoms with Gasteiger partial charge in [0.25, 0.3) is 0 Å². The Morgan fingerprint density at radius 1 is 1.39 bits per heavy atom. The van der Waals surface area contributed by atoms with Crippen molar-refractivity contribution in [1.29, 1.82) is 0 Å². The maximum Gasteiger partial charge on any atom is 0.0623 e. The van der Waals surface area contributed by atoms with Gasteiger partial charge in [-0.15, -0.1) is 0 Å². The first-order valence-corrected chi connectivity index (χ1v) is 6.71. The molecule has 0 bridgehead atoms. The summed E-state index contributed by atoms with van der Waals surface area (Å²) < 4.78 is 5.48. The molecule has 1 aromatic carbocycles. The second kappa shape index (κ2) is 6.17. The van der Waals surface area contributed by atoms with Gasteiger partial charge in [0.1, 0.15) is 0 Å². The van der Waals surface area contributed by atoms with Gasteiger partial charge >= 0.3 is 0 Å². The number of morpholine rings is 1. The van der Waals surface area contributed by atoms with Crippen LogP contribution in [-0.4, -0.2) is 25.8 Å². The van der Waals surface area contributed by atoms with E-state index >= 15 is 0 Å². The highest BCUT2D eigenvalue weighted by molar-refractivity contribution is 5.54. The number of hydrogen-bond donors (Lipinski definition) is 1. The highest BCUT2D eigenvalue weighted by atomic mass is 16.5. The Kier molecular flexibility index (Phi) is 4.56. The van der Waals surface area contributed by atoms with Gasteiger partial charge in [0.05, 0.1) is 13.2 Å². The van der Waals surface area contributed by atoms with E-state index < -0.39 is 0 Å². The van der Waals surface area contributed by atoms with E-state index in [1.54, 1.807) is 0 Å². The Morgan fingerprint density at radius 3 is 2.89 bits per heavy atom. The van der Waals surface area contributed by atoms with Crippen LogP contribution in [0.4, 0.5) is 0 Å². The molecule has 1 saturated heterocycles. The number of benzene rings is 1. The summed E-state index contributed by atoms with van der Waals surface area (Å²) in [5.41, 5.74) is 5.41. The van der Waals surface area contributed by atoms with E-state index in [1.165, 1.54) is 22.3 Å². The molecule has 0 saturated carbocycles. The second-order valence-electron chi connectivity index (χ2n) is 5.26. The maximum absolute atomic E-state index is 5.48. The molecule has 1 unspecified atom stereocenters. The Balaban J connectivity index is 2.00. The van der Waals surface area contributed by atoms with Gasteiger partial charge in [-0.2, -0.15) is 0 Å². The standard InChI is InChI=1S/C16H23NO/c1-12(9-16-11-18-7-6-17-16)8-15-5-4-13(2)14(3)10-15/h4-5,8,10,16-17H,6-7,9,11H2,1-3H3/b12-8-. The first kappa shape index (κ1) is 13.3. The van der Waals surface area contributed by atoms with Gasteiger partial charge in [0.15, 0.2) is 0 Å². The van der Waals surface area contributed by atoms with Gasteiger partial charge in [0.2, 0.25) is 0 Å². The fraction of sp³-hybridized carbons (Fsp3) is 0.500. The first-order valence-electron chi connectivity index (χ1n) is 6.71. The average molecular weight is 245 g/mol. The van der Waals surface area contributed by atoms with Gasteiger partial charge in [-0.1, -0.05) is 29.8 Å². The molecule has 1 N–H and O–H groups in total. The average Bonchev–Trinajstić information content (AvgIpc) is 2.35. The molecule has 2 nitrogen and oxygen atoms in total. The molecule has 18 heavy (non-hydrogen) atoms. The van der Waals surface area contributed by atoms with Gasteiger partial charge in [-0.05, 0) is 43.9 Å². The number of rotatable bonds is 3. The Labute approximate surface area is 110 Å². The summed E-state index contributed by atoms with van der Waals surface area (Å²) in [6, 6.07) is 7.11. The molecule has 1 heterocycles. The molecule has 1 aliphatic heterocycles. The van der Waals surface area contributed by atoms with E-state index in [2.05, 4.69) is 50.4 Å². The lowest BCUT2D eigenvalue weighted by Crippen LogP contribution is -2.41. The molecular weight excluding hydrogens is 222 g/mol. The van der Waals surface area contributed by atoms with Crippen molar-refractivity contribution in [3.05, 3.63) is 40.5 Å². The lowest BCUT2D eigenvalue weighted by atomic mass is 10.0. The summed E-state index contributed by atoms with van der Waals surface area (Å²) in [5, 5.41) is 3.49. The van der Waals surface area contributed by atoms with Crippen LogP contribution >= 0.6 is 0 Å². The van der Waals surface area contributed by atoms with Crippen molar-refractivity contribution in [2.45, 2.75) is 33.2 Å². The fourth-order valence-electron chi connectivity index (χ4n) is 2.34. The molecule has 1 aliphatic rings. The van der Waals surface area contributed by atoms with Crippen molar-refractivity contribution in [2.24, 2.45) is 0 Å². The predicted molar refractivity (Wildman–Crippen MR) is 76.8 cm³/mol. The largest absolute Gasteiger partial charge is 0.379 e. The third-order valence-electron chi connectivity index (χ3n) is 3.51. The summed E-state index contributed by atoms with van der Waals surface area (Å²) >= 11 is 0.